The van der Waals surface area contributed by atoms with Gasteiger partial charge in [0.2, 0.25) is 0 Å². The second-order valence-electron chi connectivity index (χ2n) is 6.14. The maximum absolute atomic E-state index is 6.25. The molecule has 0 radical (unpaired) electrons. The van der Waals surface area contributed by atoms with E-state index in [9.17, 15) is 0 Å². The van der Waals surface area contributed by atoms with Crippen LogP contribution >= 0.6 is 11.6 Å². The van der Waals surface area contributed by atoms with Crippen molar-refractivity contribution in [2.24, 2.45) is 5.41 Å². The molecule has 0 aromatic carbocycles. The quantitative estimate of drug-likeness (QED) is 0.725. The van der Waals surface area contributed by atoms with E-state index in [2.05, 4.69) is 37.2 Å². The first-order valence-electron chi connectivity index (χ1n) is 6.13. The molecule has 1 aliphatic heterocycles. The fourth-order valence-electron chi connectivity index (χ4n) is 2.50. The molecule has 3 heteroatoms. The second kappa shape index (κ2) is 4.06. The van der Waals surface area contributed by atoms with Gasteiger partial charge >= 0.3 is 0 Å². The van der Waals surface area contributed by atoms with Gasteiger partial charge in [-0.2, -0.15) is 0 Å². The summed E-state index contributed by atoms with van der Waals surface area (Å²) < 4.78 is 2.35. The molecule has 0 fully saturated rings. The summed E-state index contributed by atoms with van der Waals surface area (Å²) in [7, 11) is 0. The average molecular weight is 241 g/mol. The Kier molecular flexibility index (Phi) is 3.04. The third kappa shape index (κ3) is 2.27. The van der Waals surface area contributed by atoms with Crippen LogP contribution in [0.2, 0.25) is 5.15 Å². The highest BCUT2D eigenvalue weighted by atomic mass is 35.5. The van der Waals surface area contributed by atoms with Gasteiger partial charge in [0.05, 0.1) is 5.69 Å². The summed E-state index contributed by atoms with van der Waals surface area (Å²) in [5, 5.41) is 0.728. The highest BCUT2D eigenvalue weighted by Crippen LogP contribution is 2.34. The SMILES string of the molecule is CC1CCCn2c(CC(C)(C)C)nc(Cl)c21. The molecule has 1 aromatic rings. The van der Waals surface area contributed by atoms with Crippen LogP contribution in [0.4, 0.5) is 0 Å². The van der Waals surface area contributed by atoms with E-state index in [1.54, 1.807) is 0 Å². The largest absolute Gasteiger partial charge is 0.330 e. The maximum Gasteiger partial charge on any atom is 0.150 e. The topological polar surface area (TPSA) is 17.8 Å². The molecule has 0 saturated heterocycles. The van der Waals surface area contributed by atoms with Crippen LogP contribution in [0.5, 0.6) is 0 Å². The van der Waals surface area contributed by atoms with Gasteiger partial charge in [-0.15, -0.1) is 0 Å². The molecule has 90 valence electrons. The molecule has 0 aliphatic carbocycles. The predicted octanol–water partition coefficient (Wildman–Crippen LogP) is 4.02. The summed E-state index contributed by atoms with van der Waals surface area (Å²) in [6.07, 6.45) is 3.48. The van der Waals surface area contributed by atoms with Crippen molar-refractivity contribution in [3.63, 3.8) is 0 Å². The number of hydrogen-bond donors (Lipinski definition) is 0. The summed E-state index contributed by atoms with van der Waals surface area (Å²) >= 11 is 6.25. The molecule has 1 aliphatic rings. The van der Waals surface area contributed by atoms with Gasteiger partial charge in [0.1, 0.15) is 5.82 Å². The lowest BCUT2D eigenvalue weighted by Gasteiger charge is -2.24. The van der Waals surface area contributed by atoms with Gasteiger partial charge in [-0.25, -0.2) is 4.98 Å². The van der Waals surface area contributed by atoms with Gasteiger partial charge in [0, 0.05) is 13.0 Å². The minimum Gasteiger partial charge on any atom is -0.330 e. The van der Waals surface area contributed by atoms with E-state index in [1.165, 1.54) is 24.4 Å². The molecule has 0 saturated carbocycles. The molecule has 1 unspecified atom stereocenters. The summed E-state index contributed by atoms with van der Waals surface area (Å²) in [4.78, 5) is 4.56. The molecule has 0 spiro atoms. The number of rotatable bonds is 1. The van der Waals surface area contributed by atoms with Gasteiger partial charge in [0.25, 0.3) is 0 Å². The Morgan fingerprint density at radius 2 is 2.12 bits per heavy atom. The smallest absolute Gasteiger partial charge is 0.150 e. The molecule has 2 nitrogen and oxygen atoms in total. The zero-order valence-corrected chi connectivity index (χ0v) is 11.4. The standard InChI is InChI=1S/C13H21ClN2/c1-9-6-5-7-16-10(8-13(2,3)4)15-12(14)11(9)16/h9H,5-8H2,1-4H3. The molecule has 2 rings (SSSR count). The van der Waals surface area contributed by atoms with E-state index >= 15 is 0 Å². The molecule has 0 amide bonds. The van der Waals surface area contributed by atoms with Gasteiger partial charge in [-0.1, -0.05) is 39.3 Å². The minimum absolute atomic E-state index is 0.270. The highest BCUT2D eigenvalue weighted by Gasteiger charge is 2.26. The molecule has 0 N–H and O–H groups in total. The first kappa shape index (κ1) is 12.0. The van der Waals surface area contributed by atoms with Crippen LogP contribution < -0.4 is 0 Å². The Balaban J connectivity index is 2.38. The highest BCUT2D eigenvalue weighted by molar-refractivity contribution is 6.30. The van der Waals surface area contributed by atoms with Crippen LogP contribution in [0, 0.1) is 5.41 Å². The molecular formula is C13H21ClN2. The van der Waals surface area contributed by atoms with Crippen LogP contribution in [0.25, 0.3) is 0 Å². The molecule has 16 heavy (non-hydrogen) atoms. The maximum atomic E-state index is 6.25. The van der Waals surface area contributed by atoms with Crippen molar-refractivity contribution < 1.29 is 0 Å². The van der Waals surface area contributed by atoms with Crippen molar-refractivity contribution in [2.45, 2.75) is 59.4 Å². The van der Waals surface area contributed by atoms with Crippen LogP contribution in [0.3, 0.4) is 0 Å². The number of imidazole rings is 1. The van der Waals surface area contributed by atoms with E-state index in [0.29, 0.717) is 5.92 Å². The van der Waals surface area contributed by atoms with Crippen molar-refractivity contribution in [3.8, 4) is 0 Å². The summed E-state index contributed by atoms with van der Waals surface area (Å²) in [5.74, 6) is 1.72. The summed E-state index contributed by atoms with van der Waals surface area (Å²) in [6.45, 7) is 10.1. The fourth-order valence-corrected chi connectivity index (χ4v) is 2.89. The number of aromatic nitrogens is 2. The predicted molar refractivity (Wildman–Crippen MR) is 68.0 cm³/mol. The lowest BCUT2D eigenvalue weighted by molar-refractivity contribution is 0.379. The zero-order chi connectivity index (χ0) is 11.9. The normalized spacial score (nSPS) is 20.9. The molecule has 2 heterocycles. The average Bonchev–Trinajstić information content (AvgIpc) is 2.42. The van der Waals surface area contributed by atoms with Crippen molar-refractivity contribution >= 4 is 11.6 Å². The van der Waals surface area contributed by atoms with Gasteiger partial charge < -0.3 is 4.57 Å². The molecule has 1 aromatic heterocycles. The third-order valence-corrected chi connectivity index (χ3v) is 3.49. The fraction of sp³-hybridized carbons (Fsp3) is 0.769. The third-order valence-electron chi connectivity index (χ3n) is 3.22. The number of hydrogen-bond acceptors (Lipinski definition) is 1. The lowest BCUT2D eigenvalue weighted by Crippen LogP contribution is -2.19. The van der Waals surface area contributed by atoms with E-state index in [0.717, 1.165) is 18.1 Å². The molecular weight excluding hydrogens is 220 g/mol. The minimum atomic E-state index is 0.270. The van der Waals surface area contributed by atoms with Crippen LogP contribution in [-0.4, -0.2) is 9.55 Å². The monoisotopic (exact) mass is 240 g/mol. The molecule has 0 bridgehead atoms. The first-order chi connectivity index (χ1) is 7.38. The van der Waals surface area contributed by atoms with Crippen LogP contribution in [0.1, 0.15) is 58.0 Å². The summed E-state index contributed by atoms with van der Waals surface area (Å²) in [5.41, 5.74) is 1.53. The van der Waals surface area contributed by atoms with E-state index in [-0.39, 0.29) is 5.41 Å². The Labute approximate surface area is 103 Å². The van der Waals surface area contributed by atoms with Gasteiger partial charge in [-0.3, -0.25) is 0 Å². The molecule has 1 atom stereocenters. The first-order valence-corrected chi connectivity index (χ1v) is 6.51. The Morgan fingerprint density at radius 3 is 2.75 bits per heavy atom. The number of halogens is 1. The van der Waals surface area contributed by atoms with Gasteiger partial charge in [-0.05, 0) is 24.2 Å². The van der Waals surface area contributed by atoms with Crippen LogP contribution in [-0.2, 0) is 13.0 Å². The van der Waals surface area contributed by atoms with Gasteiger partial charge in [0.15, 0.2) is 5.15 Å². The van der Waals surface area contributed by atoms with E-state index in [1.807, 2.05) is 0 Å². The van der Waals surface area contributed by atoms with Crippen molar-refractivity contribution in [3.05, 3.63) is 16.7 Å². The van der Waals surface area contributed by atoms with E-state index in [4.69, 9.17) is 11.6 Å². The van der Waals surface area contributed by atoms with E-state index < -0.39 is 0 Å². The zero-order valence-electron chi connectivity index (χ0n) is 10.7. The number of nitrogens with zero attached hydrogens (tertiary/aromatic N) is 2. The lowest BCUT2D eigenvalue weighted by atomic mass is 9.91. The Hall–Kier alpha value is -0.500. The Morgan fingerprint density at radius 1 is 1.44 bits per heavy atom. The van der Waals surface area contributed by atoms with Crippen molar-refractivity contribution in [2.75, 3.05) is 0 Å². The second-order valence-corrected chi connectivity index (χ2v) is 6.49. The van der Waals surface area contributed by atoms with Crippen LogP contribution in [0.15, 0.2) is 0 Å². The summed E-state index contributed by atoms with van der Waals surface area (Å²) in [6, 6.07) is 0. The van der Waals surface area contributed by atoms with Crippen molar-refractivity contribution in [1.82, 2.24) is 9.55 Å². The Bertz CT molecular complexity index is 387. The number of fused-ring (bicyclic) bond motifs is 1. The van der Waals surface area contributed by atoms with Crippen molar-refractivity contribution in [1.29, 1.82) is 0 Å².